The minimum Gasteiger partial charge on any atom is -0.493 e. The minimum absolute atomic E-state index is 0.0320. The van der Waals surface area contributed by atoms with Crippen LogP contribution in [0.5, 0.6) is 11.5 Å². The van der Waals surface area contributed by atoms with Gasteiger partial charge in [0.05, 0.1) is 24.8 Å². The summed E-state index contributed by atoms with van der Waals surface area (Å²) in [5.41, 5.74) is 2.12. The zero-order valence-electron chi connectivity index (χ0n) is 21.1. The first-order chi connectivity index (χ1) is 17.0. The summed E-state index contributed by atoms with van der Waals surface area (Å²) in [5, 5.41) is 11.1. The average molecular weight is 551 g/mol. The van der Waals surface area contributed by atoms with Gasteiger partial charge in [-0.1, -0.05) is 43.0 Å². The molecule has 9 nitrogen and oxygen atoms in total. The van der Waals surface area contributed by atoms with E-state index in [4.69, 9.17) is 9.47 Å². The van der Waals surface area contributed by atoms with Gasteiger partial charge in [0.15, 0.2) is 15.8 Å². The summed E-state index contributed by atoms with van der Waals surface area (Å²) in [6.45, 7) is 7.51. The number of methoxy groups -OCH3 is 2. The highest BCUT2D eigenvalue weighted by atomic mass is 32.2. The lowest BCUT2D eigenvalue weighted by atomic mass is 10.1. The zero-order chi connectivity index (χ0) is 26.5. The first kappa shape index (κ1) is 27.8. The summed E-state index contributed by atoms with van der Waals surface area (Å²) in [4.78, 5) is 13.0. The number of ether oxygens (including phenoxy) is 2. The molecule has 0 atom stereocenters. The lowest BCUT2D eigenvalue weighted by Gasteiger charge is -2.25. The molecule has 0 unspecified atom stereocenters. The van der Waals surface area contributed by atoms with Crippen LogP contribution >= 0.6 is 23.1 Å². The Labute approximate surface area is 220 Å². The van der Waals surface area contributed by atoms with Gasteiger partial charge in [0.1, 0.15) is 6.54 Å². The van der Waals surface area contributed by atoms with E-state index in [0.29, 0.717) is 22.5 Å². The van der Waals surface area contributed by atoms with Gasteiger partial charge in [-0.05, 0) is 55.2 Å². The van der Waals surface area contributed by atoms with Crippen LogP contribution < -0.4 is 19.1 Å². The number of sulfonamides is 1. The Morgan fingerprint density at radius 1 is 1.06 bits per heavy atom. The molecule has 194 valence electrons. The lowest BCUT2D eigenvalue weighted by Crippen LogP contribution is -2.38. The normalized spacial score (nSPS) is 11.4. The van der Waals surface area contributed by atoms with Crippen LogP contribution in [0.4, 0.5) is 10.8 Å². The van der Waals surface area contributed by atoms with Gasteiger partial charge in [0.2, 0.25) is 11.0 Å². The molecular weight excluding hydrogens is 520 g/mol. The van der Waals surface area contributed by atoms with Gasteiger partial charge in [0, 0.05) is 11.8 Å². The van der Waals surface area contributed by atoms with Crippen molar-refractivity contribution in [3.05, 3.63) is 47.5 Å². The van der Waals surface area contributed by atoms with Gasteiger partial charge >= 0.3 is 0 Å². The van der Waals surface area contributed by atoms with E-state index in [1.165, 1.54) is 43.8 Å². The summed E-state index contributed by atoms with van der Waals surface area (Å²) in [7, 11) is -1.24. The highest BCUT2D eigenvalue weighted by Crippen LogP contribution is 2.33. The third-order valence-electron chi connectivity index (χ3n) is 4.92. The molecule has 0 fully saturated rings. The van der Waals surface area contributed by atoms with Gasteiger partial charge in [-0.25, -0.2) is 8.42 Å². The van der Waals surface area contributed by atoms with Crippen molar-refractivity contribution in [2.24, 2.45) is 5.92 Å². The van der Waals surface area contributed by atoms with Crippen molar-refractivity contribution in [3.8, 4) is 11.5 Å². The van der Waals surface area contributed by atoms with E-state index < -0.39 is 22.5 Å². The molecule has 0 spiro atoms. The van der Waals surface area contributed by atoms with Crippen LogP contribution in [0.2, 0.25) is 0 Å². The van der Waals surface area contributed by atoms with Crippen molar-refractivity contribution in [2.45, 2.75) is 36.9 Å². The first-order valence-electron chi connectivity index (χ1n) is 11.1. The molecular formula is C24H30N4O5S3. The van der Waals surface area contributed by atoms with Crippen molar-refractivity contribution < 1.29 is 22.7 Å². The summed E-state index contributed by atoms with van der Waals surface area (Å²) in [6.07, 6.45) is 0. The van der Waals surface area contributed by atoms with Crippen LogP contribution in [-0.4, -0.2) is 51.0 Å². The molecule has 0 saturated carbocycles. The number of carbonyl (C=O) groups is 1. The van der Waals surface area contributed by atoms with Gasteiger partial charge in [-0.3, -0.25) is 14.4 Å². The van der Waals surface area contributed by atoms with E-state index in [9.17, 15) is 13.2 Å². The molecule has 0 radical (unpaired) electrons. The van der Waals surface area contributed by atoms with E-state index in [0.717, 1.165) is 25.5 Å². The van der Waals surface area contributed by atoms with Crippen LogP contribution in [0, 0.1) is 19.8 Å². The smallest absolute Gasteiger partial charge is 0.264 e. The molecule has 0 saturated heterocycles. The number of amides is 1. The second-order valence-corrected chi connectivity index (χ2v) is 12.6. The Hall–Kier alpha value is -2.83. The molecule has 36 heavy (non-hydrogen) atoms. The molecule has 3 rings (SSSR count). The molecule has 0 bridgehead atoms. The number of benzene rings is 2. The quantitative estimate of drug-likeness (QED) is 0.269. The van der Waals surface area contributed by atoms with Crippen LogP contribution in [0.15, 0.2) is 45.6 Å². The van der Waals surface area contributed by atoms with Gasteiger partial charge in [0.25, 0.3) is 10.0 Å². The number of aryl methyl sites for hydroxylation is 2. The SMILES string of the molecule is COc1ccc(S(=O)(=O)N(CC(=O)Nc2nnc(SCC(C)C)s2)c2cc(C)cc(C)c2)cc1OC. The maximum absolute atomic E-state index is 13.8. The number of nitrogens with zero attached hydrogens (tertiary/aromatic N) is 3. The number of thioether (sulfide) groups is 1. The van der Waals surface area contributed by atoms with Crippen LogP contribution in [-0.2, 0) is 14.8 Å². The second kappa shape index (κ2) is 11.9. The summed E-state index contributed by atoms with van der Waals surface area (Å²) in [6, 6.07) is 9.71. The molecule has 12 heteroatoms. The molecule has 1 N–H and O–H groups in total. The van der Waals surface area contributed by atoms with E-state index in [2.05, 4.69) is 29.4 Å². The van der Waals surface area contributed by atoms with E-state index in [1.807, 2.05) is 19.9 Å². The van der Waals surface area contributed by atoms with E-state index in [1.54, 1.807) is 23.9 Å². The van der Waals surface area contributed by atoms with Crippen LogP contribution in [0.3, 0.4) is 0 Å². The Morgan fingerprint density at radius 3 is 2.33 bits per heavy atom. The number of anilines is 2. The van der Waals surface area contributed by atoms with Crippen molar-refractivity contribution >= 4 is 49.8 Å². The van der Waals surface area contributed by atoms with Crippen molar-refractivity contribution in [1.82, 2.24) is 10.2 Å². The topological polar surface area (TPSA) is 111 Å². The predicted molar refractivity (Wildman–Crippen MR) is 144 cm³/mol. The summed E-state index contributed by atoms with van der Waals surface area (Å²) in [5.74, 6) is 1.50. The Kier molecular flexibility index (Phi) is 9.20. The zero-order valence-corrected chi connectivity index (χ0v) is 23.5. The van der Waals surface area contributed by atoms with Crippen LogP contribution in [0.25, 0.3) is 0 Å². The Bertz CT molecular complexity index is 1300. The highest BCUT2D eigenvalue weighted by Gasteiger charge is 2.29. The molecule has 0 aliphatic carbocycles. The van der Waals surface area contributed by atoms with Crippen molar-refractivity contribution in [2.75, 3.05) is 36.1 Å². The number of hydrogen-bond acceptors (Lipinski definition) is 9. The lowest BCUT2D eigenvalue weighted by molar-refractivity contribution is -0.114. The predicted octanol–water partition coefficient (Wildman–Crippen LogP) is 4.75. The number of rotatable bonds is 11. The van der Waals surface area contributed by atoms with Gasteiger partial charge < -0.3 is 9.47 Å². The maximum Gasteiger partial charge on any atom is 0.264 e. The standard InChI is InChI=1S/C24H30N4O5S3/c1-15(2)14-34-24-27-26-23(35-24)25-22(29)13-28(18-10-16(3)9-17(4)11-18)36(30,31)19-7-8-20(32-5)21(12-19)33-6/h7-12,15H,13-14H2,1-6H3,(H,25,26,29). The molecule has 1 aromatic heterocycles. The number of aromatic nitrogens is 2. The average Bonchev–Trinajstić information content (AvgIpc) is 3.27. The summed E-state index contributed by atoms with van der Waals surface area (Å²) >= 11 is 2.82. The first-order valence-corrected chi connectivity index (χ1v) is 14.4. The minimum atomic E-state index is -4.15. The van der Waals surface area contributed by atoms with Crippen molar-refractivity contribution in [3.63, 3.8) is 0 Å². The number of carbonyl (C=O) groups excluding carboxylic acids is 1. The number of nitrogens with one attached hydrogen (secondary N) is 1. The van der Waals surface area contributed by atoms with Crippen molar-refractivity contribution in [1.29, 1.82) is 0 Å². The monoisotopic (exact) mass is 550 g/mol. The fraction of sp³-hybridized carbons (Fsp3) is 0.375. The maximum atomic E-state index is 13.8. The molecule has 0 aliphatic rings. The third kappa shape index (κ3) is 6.89. The van der Waals surface area contributed by atoms with Crippen LogP contribution in [0.1, 0.15) is 25.0 Å². The van der Waals surface area contributed by atoms with E-state index in [-0.39, 0.29) is 10.6 Å². The summed E-state index contributed by atoms with van der Waals surface area (Å²) < 4.78 is 39.9. The molecule has 2 aromatic carbocycles. The largest absolute Gasteiger partial charge is 0.493 e. The second-order valence-electron chi connectivity index (χ2n) is 8.50. The highest BCUT2D eigenvalue weighted by molar-refractivity contribution is 8.01. The fourth-order valence-electron chi connectivity index (χ4n) is 3.36. The molecule has 1 amide bonds. The third-order valence-corrected chi connectivity index (χ3v) is 9.09. The molecule has 0 aliphatic heterocycles. The molecule has 1 heterocycles. The van der Waals surface area contributed by atoms with Gasteiger partial charge in [-0.15, -0.1) is 10.2 Å². The Balaban J connectivity index is 1.93. The molecule has 3 aromatic rings. The van der Waals surface area contributed by atoms with E-state index >= 15 is 0 Å². The Morgan fingerprint density at radius 2 is 1.72 bits per heavy atom. The number of hydrogen-bond donors (Lipinski definition) is 1. The fourth-order valence-corrected chi connectivity index (χ4v) is 6.52. The van der Waals surface area contributed by atoms with Gasteiger partial charge in [-0.2, -0.15) is 0 Å².